The molecule has 0 aliphatic carbocycles. The molecule has 1 aliphatic rings. The van der Waals surface area contributed by atoms with E-state index in [-0.39, 0.29) is 6.42 Å². The molecule has 3 atom stereocenters. The van der Waals surface area contributed by atoms with E-state index < -0.39 is 35.9 Å². The summed E-state index contributed by atoms with van der Waals surface area (Å²) in [5, 5.41) is 22.6. The first kappa shape index (κ1) is 15.3. The van der Waals surface area contributed by atoms with E-state index in [1.807, 2.05) is 0 Å². The minimum absolute atomic E-state index is 0.0584. The van der Waals surface area contributed by atoms with Gasteiger partial charge < -0.3 is 14.9 Å². The summed E-state index contributed by atoms with van der Waals surface area (Å²) >= 11 is 0. The molecule has 2 rings (SSSR count). The molecule has 0 bridgehead atoms. The van der Waals surface area contributed by atoms with Crippen LogP contribution in [0, 0.1) is 6.92 Å². The number of hydrogen-bond donors (Lipinski definition) is 2. The molecule has 1 saturated heterocycles. The molecule has 2 N–H and O–H groups in total. The van der Waals surface area contributed by atoms with E-state index in [1.165, 1.54) is 20.2 Å². The fourth-order valence-corrected chi connectivity index (χ4v) is 2.30. The van der Waals surface area contributed by atoms with Gasteiger partial charge in [-0.2, -0.15) is 0 Å². The van der Waals surface area contributed by atoms with Crippen LogP contribution < -0.4 is 11.2 Å². The highest BCUT2D eigenvalue weighted by molar-refractivity contribution is 5.04. The van der Waals surface area contributed by atoms with Crippen LogP contribution in [0.3, 0.4) is 0 Å². The van der Waals surface area contributed by atoms with Gasteiger partial charge in [0.2, 0.25) is 0 Å². The fraction of sp³-hybridized carbons (Fsp3) is 0.636. The first-order valence-electron chi connectivity index (χ1n) is 6.18. The smallest absolute Gasteiger partial charge is 0.332 e. The maximum Gasteiger partial charge on any atom is 0.332 e. The van der Waals surface area contributed by atoms with E-state index in [2.05, 4.69) is 10.0 Å². The van der Waals surface area contributed by atoms with E-state index in [1.54, 1.807) is 0 Å². The second-order valence-corrected chi connectivity index (χ2v) is 4.88. The van der Waals surface area contributed by atoms with Gasteiger partial charge in [-0.15, -0.1) is 0 Å². The Labute approximate surface area is 118 Å². The minimum Gasteiger partial charge on any atom is -0.393 e. The number of rotatable bonds is 3. The number of aliphatic hydroxyl groups excluding tert-OH is 2. The zero-order chi connectivity index (χ0) is 15.8. The lowest BCUT2D eigenvalue weighted by Gasteiger charge is -2.24. The van der Waals surface area contributed by atoms with Crippen molar-refractivity contribution in [2.24, 2.45) is 12.2 Å². The Balaban J connectivity index is 2.49. The Morgan fingerprint density at radius 2 is 2.29 bits per heavy atom. The molecule has 1 aromatic rings. The van der Waals surface area contributed by atoms with Crippen LogP contribution in [0.5, 0.6) is 0 Å². The lowest BCUT2D eigenvalue weighted by molar-refractivity contribution is -0.124. The molecule has 10 heteroatoms. The van der Waals surface area contributed by atoms with Crippen LogP contribution in [-0.2, 0) is 11.8 Å². The van der Waals surface area contributed by atoms with Gasteiger partial charge >= 0.3 is 5.69 Å². The molecule has 0 saturated carbocycles. The van der Waals surface area contributed by atoms with Gasteiger partial charge in [-0.1, -0.05) is 5.11 Å². The van der Waals surface area contributed by atoms with Crippen LogP contribution in [0.4, 0.5) is 0 Å². The summed E-state index contributed by atoms with van der Waals surface area (Å²) in [7, 11) is 1.33. The normalized spacial score (nSPS) is 28.4. The van der Waals surface area contributed by atoms with Crippen LogP contribution >= 0.6 is 0 Å². The number of ether oxygens (including phenoxy) is 1. The van der Waals surface area contributed by atoms with Crippen LogP contribution in [-0.4, -0.2) is 37.8 Å². The highest BCUT2D eigenvalue weighted by Gasteiger charge is 2.48. The third-order valence-corrected chi connectivity index (χ3v) is 3.52. The third-order valence-electron chi connectivity index (χ3n) is 3.52. The Kier molecular flexibility index (Phi) is 3.88. The van der Waals surface area contributed by atoms with Crippen molar-refractivity contribution in [1.82, 2.24) is 9.13 Å². The predicted molar refractivity (Wildman–Crippen MR) is 70.4 cm³/mol. The van der Waals surface area contributed by atoms with Crippen molar-refractivity contribution in [2.45, 2.75) is 31.4 Å². The second-order valence-electron chi connectivity index (χ2n) is 4.88. The lowest BCUT2D eigenvalue weighted by atomic mass is 10.1. The molecule has 1 aromatic heterocycles. The number of aliphatic hydroxyl groups is 2. The zero-order valence-electron chi connectivity index (χ0n) is 11.5. The molecule has 21 heavy (non-hydrogen) atoms. The SMILES string of the molecule is Cc1cn([C@H]2C[C@H](O)[C@](CO)(N=[N+]=[N-])O2)c(=O)n(C)c1=O. The van der Waals surface area contributed by atoms with E-state index in [9.17, 15) is 19.8 Å². The average Bonchev–Trinajstić information content (AvgIpc) is 2.78. The maximum atomic E-state index is 12.1. The van der Waals surface area contributed by atoms with Crippen molar-refractivity contribution < 1.29 is 14.9 Å². The number of hydrogen-bond acceptors (Lipinski definition) is 6. The molecular formula is C11H15N5O5. The zero-order valence-corrected chi connectivity index (χ0v) is 11.5. The highest BCUT2D eigenvalue weighted by Crippen LogP contribution is 2.37. The fourth-order valence-electron chi connectivity index (χ4n) is 2.30. The summed E-state index contributed by atoms with van der Waals surface area (Å²) in [6.45, 7) is 0.810. The predicted octanol–water partition coefficient (Wildman–Crippen LogP) is -0.866. The first-order chi connectivity index (χ1) is 9.86. The average molecular weight is 297 g/mol. The summed E-state index contributed by atoms with van der Waals surface area (Å²) in [5.41, 5.74) is 5.95. The monoisotopic (exact) mass is 297 g/mol. The van der Waals surface area contributed by atoms with Crippen molar-refractivity contribution in [2.75, 3.05) is 6.61 Å². The van der Waals surface area contributed by atoms with Crippen molar-refractivity contribution in [3.05, 3.63) is 43.0 Å². The standard InChI is InChI=1S/C11H15N5O5/c1-6-4-16(10(20)15(2)9(6)19)8-3-7(18)11(5-17,21-8)13-14-12/h4,7-8,17-18H,3,5H2,1-2H3/t7-,8+,11+/m0/s1. The van der Waals surface area contributed by atoms with Crippen molar-refractivity contribution >= 4 is 0 Å². The summed E-state index contributed by atoms with van der Waals surface area (Å²) in [6.07, 6.45) is -0.966. The minimum atomic E-state index is -1.83. The molecular weight excluding hydrogens is 282 g/mol. The van der Waals surface area contributed by atoms with E-state index in [0.29, 0.717) is 5.56 Å². The number of aromatic nitrogens is 2. The van der Waals surface area contributed by atoms with Crippen LogP contribution in [0.2, 0.25) is 0 Å². The Hall–Kier alpha value is -2.13. The van der Waals surface area contributed by atoms with Gasteiger partial charge in [-0.05, 0) is 12.5 Å². The van der Waals surface area contributed by atoms with Gasteiger partial charge in [-0.3, -0.25) is 13.9 Å². The molecule has 0 spiro atoms. The lowest BCUT2D eigenvalue weighted by Crippen LogP contribution is -2.42. The first-order valence-corrected chi connectivity index (χ1v) is 6.18. The number of aryl methyl sites for hydroxylation is 1. The molecule has 1 fully saturated rings. The summed E-state index contributed by atoms with van der Waals surface area (Å²) < 4.78 is 7.44. The van der Waals surface area contributed by atoms with Crippen LogP contribution in [0.1, 0.15) is 18.2 Å². The van der Waals surface area contributed by atoms with Gasteiger partial charge in [0, 0.05) is 30.1 Å². The quantitative estimate of drug-likeness (QED) is 0.423. The van der Waals surface area contributed by atoms with Gasteiger partial charge in [0.15, 0.2) is 5.72 Å². The Morgan fingerprint density at radius 3 is 2.86 bits per heavy atom. The molecule has 0 amide bonds. The van der Waals surface area contributed by atoms with Crippen LogP contribution in [0.25, 0.3) is 10.4 Å². The Morgan fingerprint density at radius 1 is 1.62 bits per heavy atom. The largest absolute Gasteiger partial charge is 0.393 e. The highest BCUT2D eigenvalue weighted by atomic mass is 16.6. The molecule has 0 aromatic carbocycles. The van der Waals surface area contributed by atoms with E-state index in [4.69, 9.17) is 10.3 Å². The van der Waals surface area contributed by atoms with Crippen molar-refractivity contribution in [3.63, 3.8) is 0 Å². The summed E-state index contributed by atoms with van der Waals surface area (Å²) in [6, 6.07) is 0. The van der Waals surface area contributed by atoms with E-state index >= 15 is 0 Å². The topological polar surface area (TPSA) is 142 Å². The van der Waals surface area contributed by atoms with Crippen molar-refractivity contribution in [1.29, 1.82) is 0 Å². The van der Waals surface area contributed by atoms with Crippen LogP contribution in [0.15, 0.2) is 20.9 Å². The maximum absolute atomic E-state index is 12.1. The summed E-state index contributed by atoms with van der Waals surface area (Å²) in [4.78, 5) is 26.3. The molecule has 0 unspecified atom stereocenters. The molecule has 2 heterocycles. The number of nitrogens with zero attached hydrogens (tertiary/aromatic N) is 5. The second kappa shape index (κ2) is 5.34. The summed E-state index contributed by atoms with van der Waals surface area (Å²) in [5.74, 6) is 0. The third kappa shape index (κ3) is 2.34. The van der Waals surface area contributed by atoms with Crippen molar-refractivity contribution in [3.8, 4) is 0 Å². The Bertz CT molecular complexity index is 719. The van der Waals surface area contributed by atoms with Gasteiger partial charge in [0.25, 0.3) is 5.56 Å². The molecule has 114 valence electrons. The van der Waals surface area contributed by atoms with Gasteiger partial charge in [0.1, 0.15) is 6.23 Å². The van der Waals surface area contributed by atoms with Gasteiger partial charge in [0.05, 0.1) is 12.7 Å². The molecule has 1 aliphatic heterocycles. The number of azide groups is 1. The van der Waals surface area contributed by atoms with Gasteiger partial charge in [-0.25, -0.2) is 4.79 Å². The van der Waals surface area contributed by atoms with E-state index in [0.717, 1.165) is 9.13 Å². The molecule has 10 nitrogen and oxygen atoms in total. The molecule has 0 radical (unpaired) electrons.